The molecule has 1 aromatic rings. The van der Waals surface area contributed by atoms with E-state index in [-0.39, 0.29) is 17.9 Å². The Labute approximate surface area is 152 Å². The topological polar surface area (TPSA) is 52.7 Å². The monoisotopic (exact) mass is 371 g/mol. The van der Waals surface area contributed by atoms with Gasteiger partial charge < -0.3 is 10.2 Å². The predicted octanol–water partition coefficient (Wildman–Crippen LogP) is 2.67. The van der Waals surface area contributed by atoms with E-state index in [1.54, 1.807) is 23.1 Å². The van der Waals surface area contributed by atoms with Gasteiger partial charge in [0.05, 0.1) is 6.54 Å². The first kappa shape index (κ1) is 19.0. The number of hydrogen-bond donors (Lipinski definition) is 1. The Morgan fingerprint density at radius 3 is 2.25 bits per heavy atom. The highest BCUT2D eigenvalue weighted by atomic mass is 35.5. The van der Waals surface area contributed by atoms with Crippen LogP contribution in [0.3, 0.4) is 0 Å². The number of piperazine rings is 1. The number of hydrogen-bond acceptors (Lipinski definition) is 3. The SMILES string of the molecule is CCC(C)NC(=O)CN1CCN(C(=O)c2cc(Cl)cc(Cl)c2)CC1. The van der Waals surface area contributed by atoms with Gasteiger partial charge in [-0.3, -0.25) is 14.5 Å². The van der Waals surface area contributed by atoms with Crippen molar-refractivity contribution in [3.05, 3.63) is 33.8 Å². The number of benzene rings is 1. The second kappa shape index (κ2) is 8.70. The Morgan fingerprint density at radius 2 is 1.71 bits per heavy atom. The normalized spacial score (nSPS) is 16.8. The summed E-state index contributed by atoms with van der Waals surface area (Å²) in [6, 6.07) is 5.05. The van der Waals surface area contributed by atoms with Crippen LogP contribution in [0.25, 0.3) is 0 Å². The van der Waals surface area contributed by atoms with E-state index in [1.807, 2.05) is 13.8 Å². The van der Waals surface area contributed by atoms with Crippen molar-refractivity contribution in [2.45, 2.75) is 26.3 Å². The molecule has 132 valence electrons. The van der Waals surface area contributed by atoms with E-state index in [9.17, 15) is 9.59 Å². The van der Waals surface area contributed by atoms with E-state index in [4.69, 9.17) is 23.2 Å². The summed E-state index contributed by atoms with van der Waals surface area (Å²) in [5.74, 6) is -0.0474. The van der Waals surface area contributed by atoms with Gasteiger partial charge in [0, 0.05) is 47.8 Å². The van der Waals surface area contributed by atoms with Crippen LogP contribution in [0.2, 0.25) is 10.0 Å². The minimum absolute atomic E-state index is 0.0331. The Balaban J connectivity index is 1.86. The lowest BCUT2D eigenvalue weighted by atomic mass is 10.2. The highest BCUT2D eigenvalue weighted by Gasteiger charge is 2.23. The van der Waals surface area contributed by atoms with E-state index in [1.165, 1.54) is 0 Å². The lowest BCUT2D eigenvalue weighted by Crippen LogP contribution is -2.51. The average Bonchev–Trinajstić information content (AvgIpc) is 2.53. The van der Waals surface area contributed by atoms with Gasteiger partial charge in [-0.25, -0.2) is 0 Å². The summed E-state index contributed by atoms with van der Waals surface area (Å²) < 4.78 is 0. The first-order chi connectivity index (χ1) is 11.4. The fourth-order valence-corrected chi connectivity index (χ4v) is 3.12. The summed E-state index contributed by atoms with van der Waals surface area (Å²) in [4.78, 5) is 28.3. The molecule has 0 bridgehead atoms. The Hall–Kier alpha value is -1.30. The highest BCUT2D eigenvalue weighted by molar-refractivity contribution is 6.35. The molecule has 0 spiro atoms. The Bertz CT molecular complexity index is 581. The summed E-state index contributed by atoms with van der Waals surface area (Å²) in [7, 11) is 0. The summed E-state index contributed by atoms with van der Waals surface area (Å²) in [6.07, 6.45) is 0.913. The van der Waals surface area contributed by atoms with Crippen LogP contribution in [0.1, 0.15) is 30.6 Å². The summed E-state index contributed by atoms with van der Waals surface area (Å²) >= 11 is 11.9. The fraction of sp³-hybridized carbons (Fsp3) is 0.529. The van der Waals surface area contributed by atoms with Crippen molar-refractivity contribution in [2.24, 2.45) is 0 Å². The molecule has 1 saturated heterocycles. The number of carbonyl (C=O) groups is 2. The van der Waals surface area contributed by atoms with E-state index >= 15 is 0 Å². The number of carbonyl (C=O) groups excluding carboxylic acids is 2. The molecule has 1 aromatic carbocycles. The van der Waals surface area contributed by atoms with Crippen molar-refractivity contribution in [2.75, 3.05) is 32.7 Å². The van der Waals surface area contributed by atoms with Gasteiger partial charge in [-0.1, -0.05) is 30.1 Å². The zero-order valence-electron chi connectivity index (χ0n) is 14.0. The molecule has 0 radical (unpaired) electrons. The number of rotatable bonds is 5. The van der Waals surface area contributed by atoms with Gasteiger partial charge in [0.25, 0.3) is 5.91 Å². The van der Waals surface area contributed by atoms with Crippen LogP contribution in [0.4, 0.5) is 0 Å². The number of nitrogens with zero attached hydrogens (tertiary/aromatic N) is 2. The zero-order valence-corrected chi connectivity index (χ0v) is 15.5. The Morgan fingerprint density at radius 1 is 1.12 bits per heavy atom. The molecule has 24 heavy (non-hydrogen) atoms. The summed E-state index contributed by atoms with van der Waals surface area (Å²) in [5, 5.41) is 3.86. The van der Waals surface area contributed by atoms with Crippen LogP contribution in [-0.4, -0.2) is 60.4 Å². The Kier molecular flexibility index (Phi) is 6.90. The van der Waals surface area contributed by atoms with Crippen LogP contribution in [0, 0.1) is 0 Å². The maximum absolute atomic E-state index is 12.5. The summed E-state index contributed by atoms with van der Waals surface area (Å²) in [6.45, 7) is 6.92. The van der Waals surface area contributed by atoms with Gasteiger partial charge in [0.15, 0.2) is 0 Å². The van der Waals surface area contributed by atoms with Crippen molar-refractivity contribution < 1.29 is 9.59 Å². The molecule has 0 aromatic heterocycles. The predicted molar refractivity (Wildman–Crippen MR) is 96.7 cm³/mol. The quantitative estimate of drug-likeness (QED) is 0.865. The molecule has 0 aliphatic carbocycles. The van der Waals surface area contributed by atoms with E-state index in [0.717, 1.165) is 6.42 Å². The lowest BCUT2D eigenvalue weighted by Gasteiger charge is -2.34. The molecular weight excluding hydrogens is 349 g/mol. The molecular formula is C17H23Cl2N3O2. The molecule has 2 rings (SSSR count). The van der Waals surface area contributed by atoms with Gasteiger partial charge in [-0.2, -0.15) is 0 Å². The molecule has 1 unspecified atom stereocenters. The van der Waals surface area contributed by atoms with Crippen molar-refractivity contribution in [1.82, 2.24) is 15.1 Å². The molecule has 1 fully saturated rings. The third-order valence-corrected chi connectivity index (χ3v) is 4.59. The summed E-state index contributed by atoms with van der Waals surface area (Å²) in [5.41, 5.74) is 0.496. The standard InChI is InChI=1S/C17H23Cl2N3O2/c1-3-12(2)20-16(23)11-21-4-6-22(7-5-21)17(24)13-8-14(18)10-15(19)9-13/h8-10,12H,3-7,11H2,1-2H3,(H,20,23). The van der Waals surface area contributed by atoms with Gasteiger partial charge in [-0.05, 0) is 31.5 Å². The second-order valence-electron chi connectivity index (χ2n) is 6.10. The maximum Gasteiger partial charge on any atom is 0.254 e. The van der Waals surface area contributed by atoms with E-state index < -0.39 is 0 Å². The molecule has 2 amide bonds. The van der Waals surface area contributed by atoms with Gasteiger partial charge in [0.1, 0.15) is 0 Å². The zero-order chi connectivity index (χ0) is 17.7. The first-order valence-electron chi connectivity index (χ1n) is 8.16. The molecule has 1 heterocycles. The molecule has 0 saturated carbocycles. The average molecular weight is 372 g/mol. The van der Waals surface area contributed by atoms with Crippen molar-refractivity contribution in [1.29, 1.82) is 0 Å². The van der Waals surface area contributed by atoms with Gasteiger partial charge in [-0.15, -0.1) is 0 Å². The lowest BCUT2D eigenvalue weighted by molar-refractivity contribution is -0.123. The van der Waals surface area contributed by atoms with Crippen molar-refractivity contribution in [3.63, 3.8) is 0 Å². The van der Waals surface area contributed by atoms with Crippen LogP contribution in [-0.2, 0) is 4.79 Å². The molecule has 5 nitrogen and oxygen atoms in total. The van der Waals surface area contributed by atoms with E-state index in [0.29, 0.717) is 48.3 Å². The molecule has 7 heteroatoms. The molecule has 1 atom stereocenters. The van der Waals surface area contributed by atoms with Crippen LogP contribution in [0.5, 0.6) is 0 Å². The number of nitrogens with one attached hydrogen (secondary N) is 1. The minimum Gasteiger partial charge on any atom is -0.353 e. The smallest absolute Gasteiger partial charge is 0.254 e. The molecule has 1 aliphatic rings. The highest BCUT2D eigenvalue weighted by Crippen LogP contribution is 2.20. The fourth-order valence-electron chi connectivity index (χ4n) is 2.59. The van der Waals surface area contributed by atoms with Crippen molar-refractivity contribution >= 4 is 35.0 Å². The van der Waals surface area contributed by atoms with E-state index in [2.05, 4.69) is 10.2 Å². The number of amides is 2. The van der Waals surface area contributed by atoms with Crippen LogP contribution < -0.4 is 5.32 Å². The van der Waals surface area contributed by atoms with Crippen LogP contribution >= 0.6 is 23.2 Å². The van der Waals surface area contributed by atoms with Gasteiger partial charge >= 0.3 is 0 Å². The maximum atomic E-state index is 12.5. The number of halogens is 2. The second-order valence-corrected chi connectivity index (χ2v) is 6.98. The first-order valence-corrected chi connectivity index (χ1v) is 8.91. The third kappa shape index (κ3) is 5.36. The molecule has 1 aliphatic heterocycles. The largest absolute Gasteiger partial charge is 0.353 e. The van der Waals surface area contributed by atoms with Crippen molar-refractivity contribution in [3.8, 4) is 0 Å². The third-order valence-electron chi connectivity index (χ3n) is 4.16. The van der Waals surface area contributed by atoms with Crippen LogP contribution in [0.15, 0.2) is 18.2 Å². The molecule has 1 N–H and O–H groups in total. The van der Waals surface area contributed by atoms with Gasteiger partial charge in [0.2, 0.25) is 5.91 Å². The minimum atomic E-state index is -0.0805.